The van der Waals surface area contributed by atoms with Gasteiger partial charge in [0, 0.05) is 0 Å². The Kier molecular flexibility index (Phi) is 4.90. The average Bonchev–Trinajstić information content (AvgIpc) is 2.55. The zero-order valence-corrected chi connectivity index (χ0v) is 11.6. The van der Waals surface area contributed by atoms with Crippen LogP contribution in [-0.2, 0) is 4.74 Å². The molecular weight excluding hydrogens is 263 g/mol. The minimum absolute atomic E-state index is 0.503. The Labute approximate surface area is 105 Å². The molecule has 2 atom stereocenters. The third-order valence-corrected chi connectivity index (χ3v) is 6.13. The summed E-state index contributed by atoms with van der Waals surface area (Å²) in [6, 6.07) is 10.9. The van der Waals surface area contributed by atoms with E-state index < -0.39 is 0 Å². The molecule has 1 aromatic carbocycles. The van der Waals surface area contributed by atoms with Gasteiger partial charge in [0.05, 0.1) is 0 Å². The third-order valence-electron chi connectivity index (χ3n) is 3.23. The normalized spacial score (nSPS) is 26.3. The fourth-order valence-corrected chi connectivity index (χ4v) is 5.14. The van der Waals surface area contributed by atoms with Crippen LogP contribution < -0.4 is 4.46 Å². The average molecular weight is 283 g/mol. The van der Waals surface area contributed by atoms with Gasteiger partial charge in [-0.25, -0.2) is 0 Å². The van der Waals surface area contributed by atoms with Crippen LogP contribution in [-0.4, -0.2) is 28.2 Å². The molecule has 16 heavy (non-hydrogen) atoms. The first-order valence-corrected chi connectivity index (χ1v) is 7.99. The van der Waals surface area contributed by atoms with Crippen molar-refractivity contribution in [1.82, 2.24) is 0 Å². The van der Waals surface area contributed by atoms with Crippen molar-refractivity contribution in [3.63, 3.8) is 0 Å². The van der Waals surface area contributed by atoms with Crippen LogP contribution in [0.4, 0.5) is 0 Å². The Hall–Kier alpha value is -0.301. The van der Waals surface area contributed by atoms with E-state index >= 15 is 0 Å². The molecule has 0 N–H and O–H groups in total. The van der Waals surface area contributed by atoms with Gasteiger partial charge < -0.3 is 0 Å². The van der Waals surface area contributed by atoms with Gasteiger partial charge in [-0.05, 0) is 0 Å². The molecule has 0 bridgehead atoms. The molecule has 1 fully saturated rings. The van der Waals surface area contributed by atoms with Crippen molar-refractivity contribution in [1.29, 1.82) is 0 Å². The molecule has 0 saturated heterocycles. The van der Waals surface area contributed by atoms with E-state index in [2.05, 4.69) is 30.3 Å². The molecule has 1 nitrogen and oxygen atoms in total. The molecule has 0 heterocycles. The van der Waals surface area contributed by atoms with Crippen LogP contribution in [0.15, 0.2) is 30.3 Å². The van der Waals surface area contributed by atoms with E-state index in [4.69, 9.17) is 4.74 Å². The number of rotatable bonds is 3. The van der Waals surface area contributed by atoms with Crippen LogP contribution in [0.5, 0.6) is 0 Å². The van der Waals surface area contributed by atoms with Gasteiger partial charge in [-0.3, -0.25) is 0 Å². The Morgan fingerprint density at radius 1 is 1.06 bits per heavy atom. The molecule has 1 saturated carbocycles. The topological polar surface area (TPSA) is 9.23 Å². The first-order valence-electron chi connectivity index (χ1n) is 6.14. The van der Waals surface area contributed by atoms with E-state index in [1.807, 2.05) is 7.11 Å². The van der Waals surface area contributed by atoms with Crippen LogP contribution >= 0.6 is 0 Å². The third kappa shape index (κ3) is 3.35. The van der Waals surface area contributed by atoms with Crippen molar-refractivity contribution >= 4 is 19.4 Å². The Bertz CT molecular complexity index is 299. The van der Waals surface area contributed by atoms with Crippen LogP contribution in [0.3, 0.4) is 0 Å². The minimum atomic E-state index is 0.503. The van der Waals surface area contributed by atoms with Crippen LogP contribution in [0.2, 0.25) is 4.82 Å². The SMILES string of the molecule is CO[C@@H]1CCCCC[C@H]1[Se]c1ccccc1. The van der Waals surface area contributed by atoms with Gasteiger partial charge in [-0.15, -0.1) is 0 Å². The number of hydrogen-bond acceptors (Lipinski definition) is 1. The zero-order chi connectivity index (χ0) is 11.2. The Morgan fingerprint density at radius 3 is 2.56 bits per heavy atom. The van der Waals surface area contributed by atoms with E-state index in [0.29, 0.717) is 21.1 Å². The first kappa shape index (κ1) is 12.2. The first-order chi connectivity index (χ1) is 7.90. The van der Waals surface area contributed by atoms with E-state index in [0.717, 1.165) is 4.82 Å². The van der Waals surface area contributed by atoms with E-state index in [9.17, 15) is 0 Å². The monoisotopic (exact) mass is 284 g/mol. The second-order valence-electron chi connectivity index (χ2n) is 4.38. The number of hydrogen-bond donors (Lipinski definition) is 0. The Morgan fingerprint density at radius 2 is 1.81 bits per heavy atom. The molecule has 0 aliphatic heterocycles. The summed E-state index contributed by atoms with van der Waals surface area (Å²) in [7, 11) is 1.88. The predicted octanol–water partition coefficient (Wildman–Crippen LogP) is 2.78. The molecule has 0 radical (unpaired) electrons. The second kappa shape index (κ2) is 6.44. The molecule has 1 aromatic rings. The van der Waals surface area contributed by atoms with Gasteiger partial charge in [0.1, 0.15) is 0 Å². The molecule has 0 aromatic heterocycles. The van der Waals surface area contributed by atoms with Crippen molar-refractivity contribution in [3.8, 4) is 0 Å². The van der Waals surface area contributed by atoms with Gasteiger partial charge in [0.2, 0.25) is 0 Å². The van der Waals surface area contributed by atoms with Crippen LogP contribution in [0, 0.1) is 0 Å². The standard InChI is InChI=1S/C14H20OSe/c1-15-13-10-6-3-7-11-14(13)16-12-8-4-2-5-9-12/h2,4-5,8-9,13-14H,3,6-7,10-11H2,1H3/t13-,14-/m1/s1. The fraction of sp³-hybridized carbons (Fsp3) is 0.571. The van der Waals surface area contributed by atoms with Crippen molar-refractivity contribution in [2.24, 2.45) is 0 Å². The number of benzene rings is 1. The van der Waals surface area contributed by atoms with Gasteiger partial charge in [-0.2, -0.15) is 0 Å². The summed E-state index contributed by atoms with van der Waals surface area (Å²) < 4.78 is 7.19. The summed E-state index contributed by atoms with van der Waals surface area (Å²) in [6.07, 6.45) is 7.24. The molecule has 0 spiro atoms. The Balaban J connectivity index is 2.00. The summed E-state index contributed by atoms with van der Waals surface area (Å²) in [6.45, 7) is 0. The number of ether oxygens (including phenoxy) is 1. The van der Waals surface area contributed by atoms with E-state index in [1.165, 1.54) is 36.6 Å². The maximum atomic E-state index is 5.67. The quantitative estimate of drug-likeness (QED) is 0.612. The molecule has 0 unspecified atom stereocenters. The van der Waals surface area contributed by atoms with Crippen molar-refractivity contribution in [2.75, 3.05) is 7.11 Å². The molecule has 88 valence electrons. The van der Waals surface area contributed by atoms with Crippen molar-refractivity contribution < 1.29 is 4.74 Å². The van der Waals surface area contributed by atoms with Gasteiger partial charge >= 0.3 is 105 Å². The predicted molar refractivity (Wildman–Crippen MR) is 69.5 cm³/mol. The van der Waals surface area contributed by atoms with E-state index in [-0.39, 0.29) is 0 Å². The molecule has 2 rings (SSSR count). The number of methoxy groups -OCH3 is 1. The molecule has 1 aliphatic carbocycles. The van der Waals surface area contributed by atoms with Gasteiger partial charge in [0.15, 0.2) is 0 Å². The second-order valence-corrected chi connectivity index (χ2v) is 7.14. The summed E-state index contributed by atoms with van der Waals surface area (Å²) in [5, 5.41) is 0. The van der Waals surface area contributed by atoms with Crippen molar-refractivity contribution in [3.05, 3.63) is 30.3 Å². The van der Waals surface area contributed by atoms with Crippen LogP contribution in [0.1, 0.15) is 32.1 Å². The molecular formula is C14H20OSe. The molecule has 2 heteroatoms. The summed E-state index contributed by atoms with van der Waals surface area (Å²) in [4.78, 5) is 0.780. The van der Waals surface area contributed by atoms with E-state index in [1.54, 1.807) is 0 Å². The summed E-state index contributed by atoms with van der Waals surface area (Å²) in [5.41, 5.74) is 0. The molecule has 1 aliphatic rings. The van der Waals surface area contributed by atoms with Gasteiger partial charge in [0.25, 0.3) is 0 Å². The zero-order valence-electron chi connectivity index (χ0n) is 9.89. The molecule has 0 amide bonds. The van der Waals surface area contributed by atoms with Crippen LogP contribution in [0.25, 0.3) is 0 Å². The summed E-state index contributed by atoms with van der Waals surface area (Å²) >= 11 is 0.576. The fourth-order valence-electron chi connectivity index (χ4n) is 2.32. The van der Waals surface area contributed by atoms with Gasteiger partial charge in [-0.1, -0.05) is 0 Å². The summed E-state index contributed by atoms with van der Waals surface area (Å²) in [5.74, 6) is 0. The van der Waals surface area contributed by atoms with Crippen molar-refractivity contribution in [2.45, 2.75) is 43.0 Å². The maximum absolute atomic E-state index is 5.67.